The molecule has 4 heterocycles. The van der Waals surface area contributed by atoms with Crippen molar-refractivity contribution in [3.8, 4) is 16.9 Å². The van der Waals surface area contributed by atoms with Crippen molar-refractivity contribution in [1.29, 1.82) is 0 Å². The summed E-state index contributed by atoms with van der Waals surface area (Å²) in [6.45, 7) is 0.312. The maximum absolute atomic E-state index is 12.9. The molecule has 1 unspecified atom stereocenters. The molecule has 0 aliphatic carbocycles. The summed E-state index contributed by atoms with van der Waals surface area (Å²) < 4.78 is 1.66. The number of carbonyl (C=O) groups excluding carboxylic acids is 3. The van der Waals surface area contributed by atoms with Gasteiger partial charge in [0.2, 0.25) is 11.8 Å². The van der Waals surface area contributed by atoms with Crippen LogP contribution in [0.25, 0.3) is 27.8 Å². The summed E-state index contributed by atoms with van der Waals surface area (Å²) in [5.74, 6) is -0.918. The van der Waals surface area contributed by atoms with E-state index in [1.807, 2.05) is 36.5 Å². The second kappa shape index (κ2) is 6.84. The molecule has 158 valence electrons. The van der Waals surface area contributed by atoms with Crippen LogP contribution in [-0.4, -0.2) is 53.9 Å². The average molecular weight is 427 g/mol. The van der Waals surface area contributed by atoms with Crippen molar-refractivity contribution in [3.05, 3.63) is 59.9 Å². The molecule has 32 heavy (non-hydrogen) atoms. The molecular formula is C22H17N7O3. The fourth-order valence-corrected chi connectivity index (χ4v) is 4.33. The van der Waals surface area contributed by atoms with E-state index >= 15 is 0 Å². The highest BCUT2D eigenvalue weighted by atomic mass is 16.2. The van der Waals surface area contributed by atoms with Crippen LogP contribution in [0.1, 0.15) is 28.8 Å². The molecule has 2 aliphatic rings. The highest BCUT2D eigenvalue weighted by Gasteiger charge is 2.39. The van der Waals surface area contributed by atoms with E-state index in [9.17, 15) is 14.4 Å². The molecule has 1 atom stereocenters. The number of nitrogens with zero attached hydrogens (tertiary/aromatic N) is 5. The molecule has 6 rings (SSSR count). The zero-order valence-electron chi connectivity index (χ0n) is 16.8. The van der Waals surface area contributed by atoms with Crippen molar-refractivity contribution in [2.45, 2.75) is 25.4 Å². The average Bonchev–Trinajstić information content (AvgIpc) is 3.52. The predicted octanol–water partition coefficient (Wildman–Crippen LogP) is 1.57. The third-order valence-corrected chi connectivity index (χ3v) is 6.00. The zero-order chi connectivity index (χ0) is 21.8. The number of fused-ring (bicyclic) bond motifs is 2. The van der Waals surface area contributed by atoms with E-state index in [1.165, 1.54) is 4.90 Å². The first kappa shape index (κ1) is 18.4. The number of imide groups is 1. The third-order valence-electron chi connectivity index (χ3n) is 6.00. The zero-order valence-corrected chi connectivity index (χ0v) is 16.8. The molecule has 1 saturated heterocycles. The Balaban J connectivity index is 1.28. The second-order valence-corrected chi connectivity index (χ2v) is 7.96. The van der Waals surface area contributed by atoms with Crippen LogP contribution in [0, 0.1) is 0 Å². The van der Waals surface area contributed by atoms with Crippen LogP contribution in [-0.2, 0) is 16.1 Å². The summed E-state index contributed by atoms with van der Waals surface area (Å²) >= 11 is 0. The van der Waals surface area contributed by atoms with Crippen LogP contribution in [0.15, 0.2) is 48.8 Å². The lowest BCUT2D eigenvalue weighted by atomic mass is 10.0. The summed E-state index contributed by atoms with van der Waals surface area (Å²) in [5, 5.41) is 18.8. The molecule has 2 aliphatic heterocycles. The number of amides is 3. The maximum Gasteiger partial charge on any atom is 0.255 e. The first-order valence-corrected chi connectivity index (χ1v) is 10.2. The van der Waals surface area contributed by atoms with Crippen LogP contribution in [0.4, 0.5) is 0 Å². The number of piperidine rings is 1. The van der Waals surface area contributed by atoms with Crippen molar-refractivity contribution >= 4 is 28.6 Å². The molecule has 0 saturated carbocycles. The Morgan fingerprint density at radius 1 is 1.06 bits per heavy atom. The topological polar surface area (TPSA) is 126 Å². The van der Waals surface area contributed by atoms with Crippen molar-refractivity contribution in [2.24, 2.45) is 0 Å². The number of nitrogens with one attached hydrogen (secondary N) is 2. The summed E-state index contributed by atoms with van der Waals surface area (Å²) in [6, 6.07) is 10.7. The summed E-state index contributed by atoms with van der Waals surface area (Å²) in [4.78, 5) is 38.1. The molecule has 0 spiro atoms. The third kappa shape index (κ3) is 2.88. The van der Waals surface area contributed by atoms with E-state index in [-0.39, 0.29) is 18.2 Å². The number of benzene rings is 2. The number of carbonyl (C=O) groups is 3. The Kier molecular flexibility index (Phi) is 3.94. The minimum Gasteiger partial charge on any atom is -0.322 e. The molecule has 3 amide bonds. The van der Waals surface area contributed by atoms with Crippen LogP contribution in [0.2, 0.25) is 0 Å². The lowest BCUT2D eigenvalue weighted by Gasteiger charge is -2.29. The van der Waals surface area contributed by atoms with Gasteiger partial charge in [-0.15, -0.1) is 5.10 Å². The van der Waals surface area contributed by atoms with E-state index in [4.69, 9.17) is 0 Å². The van der Waals surface area contributed by atoms with Gasteiger partial charge in [-0.3, -0.25) is 24.8 Å². The smallest absolute Gasteiger partial charge is 0.255 e. The first-order chi connectivity index (χ1) is 15.6. The van der Waals surface area contributed by atoms with E-state index < -0.39 is 11.9 Å². The van der Waals surface area contributed by atoms with Gasteiger partial charge in [0.15, 0.2) is 0 Å². The highest BCUT2D eigenvalue weighted by Crippen LogP contribution is 2.29. The molecule has 2 N–H and O–H groups in total. The molecule has 10 heteroatoms. The number of rotatable bonds is 3. The Labute approximate surface area is 181 Å². The largest absolute Gasteiger partial charge is 0.322 e. The standard InChI is InChI=1S/C22H17N7O3/c30-20-6-5-19(21(31)24-20)28-10-14-8-15(2-3-16(14)22(28)32)29-11-18(26-27-29)12-1-4-17-13(7-12)9-23-25-17/h1-4,7-9,11,19H,5-6,10H2,(H,23,25)(H,24,30,31). The second-order valence-electron chi connectivity index (χ2n) is 7.96. The molecule has 4 aromatic rings. The van der Waals surface area contributed by atoms with Crippen molar-refractivity contribution in [1.82, 2.24) is 35.4 Å². The molecule has 0 radical (unpaired) electrons. The lowest BCUT2D eigenvalue weighted by Crippen LogP contribution is -2.52. The van der Waals surface area contributed by atoms with Gasteiger partial charge in [0.25, 0.3) is 5.91 Å². The SMILES string of the molecule is O=C1CCC(N2Cc3cc(-n4cc(-c5ccc6[nH]ncc6c5)nn4)ccc3C2=O)C(=O)N1. The number of hydrogen-bond acceptors (Lipinski definition) is 6. The Morgan fingerprint density at radius 2 is 1.97 bits per heavy atom. The minimum atomic E-state index is -0.633. The predicted molar refractivity (Wildman–Crippen MR) is 112 cm³/mol. The lowest BCUT2D eigenvalue weighted by molar-refractivity contribution is -0.136. The van der Waals surface area contributed by atoms with Crippen molar-refractivity contribution in [3.63, 3.8) is 0 Å². The van der Waals surface area contributed by atoms with Gasteiger partial charge in [-0.2, -0.15) is 5.10 Å². The van der Waals surface area contributed by atoms with Gasteiger partial charge in [-0.1, -0.05) is 11.3 Å². The minimum absolute atomic E-state index is 0.200. The van der Waals surface area contributed by atoms with Crippen LogP contribution >= 0.6 is 0 Å². The number of aromatic amines is 1. The highest BCUT2D eigenvalue weighted by molar-refractivity contribution is 6.05. The number of H-pyrrole nitrogens is 1. The monoisotopic (exact) mass is 427 g/mol. The summed E-state index contributed by atoms with van der Waals surface area (Å²) in [6.07, 6.45) is 4.16. The first-order valence-electron chi connectivity index (χ1n) is 10.2. The van der Waals surface area contributed by atoms with Crippen molar-refractivity contribution in [2.75, 3.05) is 0 Å². The normalized spacial score (nSPS) is 18.3. The number of hydrogen-bond donors (Lipinski definition) is 2. The molecule has 1 fully saturated rings. The number of aromatic nitrogens is 5. The van der Waals surface area contributed by atoms with Crippen LogP contribution < -0.4 is 5.32 Å². The molecular weight excluding hydrogens is 410 g/mol. The van der Waals surface area contributed by atoms with E-state index in [0.29, 0.717) is 18.5 Å². The van der Waals surface area contributed by atoms with E-state index in [2.05, 4.69) is 25.8 Å². The van der Waals surface area contributed by atoms with Crippen molar-refractivity contribution < 1.29 is 14.4 Å². The van der Waals surface area contributed by atoms with Gasteiger partial charge < -0.3 is 4.90 Å². The Bertz CT molecular complexity index is 1420. The summed E-state index contributed by atoms with van der Waals surface area (Å²) in [7, 11) is 0. The van der Waals surface area contributed by atoms with Gasteiger partial charge in [-0.05, 0) is 42.3 Å². The molecule has 10 nitrogen and oxygen atoms in total. The van der Waals surface area contributed by atoms with E-state index in [0.717, 1.165) is 33.4 Å². The Morgan fingerprint density at radius 3 is 2.84 bits per heavy atom. The van der Waals surface area contributed by atoms with Gasteiger partial charge in [0.1, 0.15) is 11.7 Å². The fourth-order valence-electron chi connectivity index (χ4n) is 4.33. The van der Waals surface area contributed by atoms with Crippen LogP contribution in [0.5, 0.6) is 0 Å². The van der Waals surface area contributed by atoms with Crippen LogP contribution in [0.3, 0.4) is 0 Å². The van der Waals surface area contributed by atoms with E-state index in [1.54, 1.807) is 16.9 Å². The molecule has 2 aromatic heterocycles. The fraction of sp³-hybridized carbons (Fsp3) is 0.182. The maximum atomic E-state index is 12.9. The summed E-state index contributed by atoms with van der Waals surface area (Å²) in [5.41, 5.74) is 4.73. The van der Waals surface area contributed by atoms with Gasteiger partial charge in [-0.25, -0.2) is 4.68 Å². The van der Waals surface area contributed by atoms with Gasteiger partial charge in [0, 0.05) is 29.5 Å². The molecule has 2 aromatic carbocycles. The molecule has 0 bridgehead atoms. The van der Waals surface area contributed by atoms with Gasteiger partial charge in [0.05, 0.1) is 23.6 Å². The Hall–Kier alpha value is -4.34. The quantitative estimate of drug-likeness (QED) is 0.478. The van der Waals surface area contributed by atoms with Gasteiger partial charge >= 0.3 is 0 Å².